The topological polar surface area (TPSA) is 62.7 Å². The van der Waals surface area contributed by atoms with E-state index >= 15 is 0 Å². The van der Waals surface area contributed by atoms with Gasteiger partial charge in [0, 0.05) is 24.7 Å². The Morgan fingerprint density at radius 3 is 2.86 bits per heavy atom. The Labute approximate surface area is 130 Å². The van der Waals surface area contributed by atoms with Gasteiger partial charge in [0.15, 0.2) is 0 Å². The van der Waals surface area contributed by atoms with Crippen LogP contribution in [0.1, 0.15) is 42.5 Å². The highest BCUT2D eigenvalue weighted by Crippen LogP contribution is 2.39. The van der Waals surface area contributed by atoms with E-state index < -0.39 is 6.09 Å². The number of aromatic nitrogens is 1. The molecule has 0 spiro atoms. The molecule has 2 aliphatic carbocycles. The van der Waals surface area contributed by atoms with Gasteiger partial charge in [-0.25, -0.2) is 4.79 Å². The predicted molar refractivity (Wildman–Crippen MR) is 80.7 cm³/mol. The summed E-state index contributed by atoms with van der Waals surface area (Å²) >= 11 is 0. The zero-order valence-electron chi connectivity index (χ0n) is 12.7. The first kappa shape index (κ1) is 14.0. The van der Waals surface area contributed by atoms with Gasteiger partial charge in [-0.2, -0.15) is 0 Å². The molecule has 2 bridgehead atoms. The summed E-state index contributed by atoms with van der Waals surface area (Å²) in [5.41, 5.74) is 3.84. The van der Waals surface area contributed by atoms with Gasteiger partial charge in [-0.15, -0.1) is 0 Å². The number of hydrogen-bond acceptors (Lipinski definition) is 3. The summed E-state index contributed by atoms with van der Waals surface area (Å²) in [6.07, 6.45) is 8.06. The van der Waals surface area contributed by atoms with Crippen molar-refractivity contribution in [2.45, 2.75) is 57.3 Å². The Balaban J connectivity index is 1.35. The van der Waals surface area contributed by atoms with E-state index in [2.05, 4.69) is 11.1 Å². The number of piperidine rings is 1. The van der Waals surface area contributed by atoms with Crippen LogP contribution < -0.4 is 0 Å². The van der Waals surface area contributed by atoms with Crippen LogP contribution in [-0.2, 0) is 24.2 Å². The number of rotatable bonds is 3. The van der Waals surface area contributed by atoms with Crippen molar-refractivity contribution in [1.29, 1.82) is 0 Å². The van der Waals surface area contributed by atoms with E-state index in [9.17, 15) is 4.79 Å². The fourth-order valence-corrected chi connectivity index (χ4v) is 4.28. The van der Waals surface area contributed by atoms with Crippen LogP contribution >= 0.6 is 0 Å². The third kappa shape index (κ3) is 2.47. The molecule has 4 rings (SSSR count). The average molecular weight is 302 g/mol. The Bertz CT molecular complexity index is 589. The van der Waals surface area contributed by atoms with Crippen LogP contribution in [0.3, 0.4) is 0 Å². The van der Waals surface area contributed by atoms with E-state index in [0.29, 0.717) is 19.1 Å². The lowest BCUT2D eigenvalue weighted by molar-refractivity contribution is -0.00887. The normalized spacial score (nSPS) is 29.6. The SMILES string of the molecule is O=C(O)N1C[C@H]2C[C@@H]1C[C@@H]2OCc1cc2c(cn1)CCCC2. The maximum absolute atomic E-state index is 11.1. The molecule has 3 aliphatic rings. The predicted octanol–water partition coefficient (Wildman–Crippen LogP) is 2.62. The second-order valence-electron chi connectivity index (χ2n) is 6.82. The molecular weight excluding hydrogens is 280 g/mol. The monoisotopic (exact) mass is 302 g/mol. The van der Waals surface area contributed by atoms with Gasteiger partial charge in [0.25, 0.3) is 0 Å². The third-order valence-corrected chi connectivity index (χ3v) is 5.45. The highest BCUT2D eigenvalue weighted by Gasteiger charge is 2.47. The zero-order valence-corrected chi connectivity index (χ0v) is 12.7. The van der Waals surface area contributed by atoms with Crippen LogP contribution in [0.25, 0.3) is 0 Å². The lowest BCUT2D eigenvalue weighted by Crippen LogP contribution is -2.41. The van der Waals surface area contributed by atoms with Crippen molar-refractivity contribution >= 4 is 6.09 Å². The van der Waals surface area contributed by atoms with Crippen LogP contribution in [0, 0.1) is 5.92 Å². The number of fused-ring (bicyclic) bond motifs is 3. The average Bonchev–Trinajstić information content (AvgIpc) is 3.13. The molecule has 22 heavy (non-hydrogen) atoms. The molecule has 1 amide bonds. The summed E-state index contributed by atoms with van der Waals surface area (Å²) in [5, 5.41) is 9.12. The Morgan fingerprint density at radius 1 is 1.32 bits per heavy atom. The second-order valence-corrected chi connectivity index (χ2v) is 6.82. The lowest BCUT2D eigenvalue weighted by Gasteiger charge is -2.29. The quantitative estimate of drug-likeness (QED) is 0.932. The number of nitrogens with zero attached hydrogens (tertiary/aromatic N) is 2. The van der Waals surface area contributed by atoms with Crippen molar-refractivity contribution in [2.75, 3.05) is 6.54 Å². The number of likely N-dealkylation sites (tertiary alicyclic amines) is 1. The van der Waals surface area contributed by atoms with Crippen LogP contribution in [0.15, 0.2) is 12.3 Å². The van der Waals surface area contributed by atoms with Gasteiger partial charge in [0.2, 0.25) is 0 Å². The minimum Gasteiger partial charge on any atom is -0.465 e. The van der Waals surface area contributed by atoms with Gasteiger partial charge in [-0.05, 0) is 55.7 Å². The molecule has 1 saturated carbocycles. The zero-order chi connectivity index (χ0) is 15.1. The molecule has 5 nitrogen and oxygen atoms in total. The first-order valence-electron chi connectivity index (χ1n) is 8.28. The Morgan fingerprint density at radius 2 is 2.14 bits per heavy atom. The van der Waals surface area contributed by atoms with Gasteiger partial charge >= 0.3 is 6.09 Å². The smallest absolute Gasteiger partial charge is 0.407 e. The van der Waals surface area contributed by atoms with Gasteiger partial charge in [-0.3, -0.25) is 4.98 Å². The molecule has 2 heterocycles. The van der Waals surface area contributed by atoms with E-state index in [4.69, 9.17) is 9.84 Å². The van der Waals surface area contributed by atoms with Crippen molar-refractivity contribution in [1.82, 2.24) is 9.88 Å². The van der Waals surface area contributed by atoms with E-state index in [-0.39, 0.29) is 12.1 Å². The molecule has 5 heteroatoms. The van der Waals surface area contributed by atoms with E-state index in [0.717, 1.165) is 31.4 Å². The van der Waals surface area contributed by atoms with Crippen LogP contribution in [0.4, 0.5) is 4.79 Å². The Hall–Kier alpha value is -1.62. The summed E-state index contributed by atoms with van der Waals surface area (Å²) in [6.45, 7) is 1.18. The molecule has 118 valence electrons. The molecule has 2 fully saturated rings. The summed E-state index contributed by atoms with van der Waals surface area (Å²) in [6, 6.07) is 2.36. The van der Waals surface area contributed by atoms with Crippen molar-refractivity contribution in [2.24, 2.45) is 5.92 Å². The van der Waals surface area contributed by atoms with Gasteiger partial charge < -0.3 is 14.7 Å². The molecule has 1 aliphatic heterocycles. The number of pyridine rings is 1. The molecule has 0 aromatic carbocycles. The molecule has 3 atom stereocenters. The van der Waals surface area contributed by atoms with Gasteiger partial charge in [0.1, 0.15) is 0 Å². The lowest BCUT2D eigenvalue weighted by atomic mass is 9.93. The number of hydrogen-bond donors (Lipinski definition) is 1. The molecule has 1 N–H and O–H groups in total. The number of aryl methyl sites for hydroxylation is 2. The van der Waals surface area contributed by atoms with E-state index in [1.54, 1.807) is 4.90 Å². The van der Waals surface area contributed by atoms with Gasteiger partial charge in [-0.1, -0.05) is 0 Å². The standard InChI is InChI=1S/C17H22N2O3/c20-17(21)19-9-13-6-15(19)7-16(13)22-10-14-5-11-3-1-2-4-12(11)8-18-14/h5,8,13,15-16H,1-4,6-7,9-10H2,(H,20,21)/t13-,15-,16+/m1/s1. The highest BCUT2D eigenvalue weighted by molar-refractivity contribution is 5.66. The van der Waals surface area contributed by atoms with Crippen molar-refractivity contribution in [3.05, 3.63) is 29.1 Å². The summed E-state index contributed by atoms with van der Waals surface area (Å²) in [5.74, 6) is 0.360. The second kappa shape index (κ2) is 5.54. The number of carboxylic acid groups (broad SMARTS) is 1. The molecule has 0 unspecified atom stereocenters. The number of carbonyl (C=O) groups is 1. The van der Waals surface area contributed by atoms with Crippen LogP contribution in [0.5, 0.6) is 0 Å². The van der Waals surface area contributed by atoms with Gasteiger partial charge in [0.05, 0.1) is 18.4 Å². The molecular formula is C17H22N2O3. The molecule has 0 radical (unpaired) electrons. The summed E-state index contributed by atoms with van der Waals surface area (Å²) < 4.78 is 6.06. The minimum absolute atomic E-state index is 0.156. The number of ether oxygens (including phenoxy) is 1. The molecule has 1 saturated heterocycles. The first-order chi connectivity index (χ1) is 10.7. The minimum atomic E-state index is -0.790. The number of amides is 1. The Kier molecular flexibility index (Phi) is 3.53. The molecule has 1 aromatic rings. The first-order valence-corrected chi connectivity index (χ1v) is 8.28. The fraction of sp³-hybridized carbons (Fsp3) is 0.647. The van der Waals surface area contributed by atoms with Crippen molar-refractivity contribution in [3.63, 3.8) is 0 Å². The van der Waals surface area contributed by atoms with E-state index in [1.165, 1.54) is 24.0 Å². The summed E-state index contributed by atoms with van der Waals surface area (Å²) in [7, 11) is 0. The van der Waals surface area contributed by atoms with Crippen molar-refractivity contribution < 1.29 is 14.6 Å². The maximum Gasteiger partial charge on any atom is 0.407 e. The van der Waals surface area contributed by atoms with Crippen LogP contribution in [-0.4, -0.2) is 39.8 Å². The largest absolute Gasteiger partial charge is 0.465 e. The third-order valence-electron chi connectivity index (χ3n) is 5.45. The fourth-order valence-electron chi connectivity index (χ4n) is 4.28. The molecule has 1 aromatic heterocycles. The maximum atomic E-state index is 11.1. The highest BCUT2D eigenvalue weighted by atomic mass is 16.5. The van der Waals surface area contributed by atoms with E-state index in [1.807, 2.05) is 6.20 Å². The van der Waals surface area contributed by atoms with Crippen molar-refractivity contribution in [3.8, 4) is 0 Å². The van der Waals surface area contributed by atoms with Crippen LogP contribution in [0.2, 0.25) is 0 Å². The summed E-state index contributed by atoms with van der Waals surface area (Å²) in [4.78, 5) is 17.2.